The maximum atomic E-state index is 11.8. The monoisotopic (exact) mass is 335 g/mol. The molecule has 1 heterocycles. The Bertz CT molecular complexity index is 620. The van der Waals surface area contributed by atoms with Gasteiger partial charge in [-0.05, 0) is 25.5 Å². The van der Waals surface area contributed by atoms with Gasteiger partial charge in [0.1, 0.15) is 9.88 Å². The van der Waals surface area contributed by atoms with Crippen molar-refractivity contribution in [2.45, 2.75) is 20.3 Å². The highest BCUT2D eigenvalue weighted by Gasteiger charge is 2.19. The number of rotatable bonds is 7. The Hall–Kier alpha value is -1.61. The summed E-state index contributed by atoms with van der Waals surface area (Å²) in [5, 5.41) is 0.306. The lowest BCUT2D eigenvalue weighted by Crippen LogP contribution is -2.18. The van der Waals surface area contributed by atoms with Gasteiger partial charge in [-0.3, -0.25) is 9.52 Å². The van der Waals surface area contributed by atoms with Crippen LogP contribution in [0.1, 0.15) is 28.6 Å². The molecule has 0 aliphatic carbocycles. The molecule has 0 aliphatic heterocycles. The highest BCUT2D eigenvalue weighted by atomic mass is 32.2. The van der Waals surface area contributed by atoms with E-state index in [-0.39, 0.29) is 18.8 Å². The number of methoxy groups -OCH3 is 1. The van der Waals surface area contributed by atoms with Gasteiger partial charge < -0.3 is 9.47 Å². The first-order chi connectivity index (χ1) is 9.79. The fraction of sp³-hybridized carbons (Fsp3) is 0.500. The van der Waals surface area contributed by atoms with E-state index in [2.05, 4.69) is 9.46 Å². The maximum Gasteiger partial charge on any atom is 0.348 e. The molecule has 9 heteroatoms. The highest BCUT2D eigenvalue weighted by Crippen LogP contribution is 2.28. The van der Waals surface area contributed by atoms with E-state index < -0.39 is 22.0 Å². The molecule has 0 saturated heterocycles. The number of nitrogens with one attached hydrogen (secondary N) is 1. The topological polar surface area (TPSA) is 98.8 Å². The number of anilines is 1. The maximum absolute atomic E-state index is 11.8. The summed E-state index contributed by atoms with van der Waals surface area (Å²) in [5.74, 6) is -1.47. The molecule has 118 valence electrons. The molecular weight excluding hydrogens is 318 g/mol. The van der Waals surface area contributed by atoms with Crippen LogP contribution >= 0.6 is 11.3 Å². The van der Waals surface area contributed by atoms with Crippen LogP contribution < -0.4 is 4.72 Å². The predicted octanol–water partition coefficient (Wildman–Crippen LogP) is 1.54. The summed E-state index contributed by atoms with van der Waals surface area (Å²) in [5.41, 5.74) is 0.629. The van der Waals surface area contributed by atoms with Crippen molar-refractivity contribution in [2.75, 3.05) is 24.2 Å². The smallest absolute Gasteiger partial charge is 0.348 e. The summed E-state index contributed by atoms with van der Waals surface area (Å²) >= 11 is 0.993. The van der Waals surface area contributed by atoms with Crippen molar-refractivity contribution in [3.8, 4) is 0 Å². The van der Waals surface area contributed by atoms with Crippen LogP contribution in [0, 0.1) is 6.92 Å². The summed E-state index contributed by atoms with van der Waals surface area (Å²) < 4.78 is 35.2. The Balaban J connectivity index is 2.77. The summed E-state index contributed by atoms with van der Waals surface area (Å²) in [6, 6.07) is 1.55. The molecule has 0 amide bonds. The number of thiophene rings is 1. The SMILES string of the molecule is CCOC(=O)c1sc(NS(=O)(=O)CCC(=O)OC)cc1C. The molecule has 0 radical (unpaired) electrons. The van der Waals surface area contributed by atoms with Gasteiger partial charge in [0.2, 0.25) is 10.0 Å². The van der Waals surface area contributed by atoms with Crippen molar-refractivity contribution in [3.05, 3.63) is 16.5 Å². The molecule has 0 saturated carbocycles. The predicted molar refractivity (Wildman–Crippen MR) is 79.1 cm³/mol. The lowest BCUT2D eigenvalue weighted by molar-refractivity contribution is -0.140. The van der Waals surface area contributed by atoms with E-state index in [0.29, 0.717) is 15.4 Å². The van der Waals surface area contributed by atoms with Gasteiger partial charge in [-0.2, -0.15) is 0 Å². The van der Waals surface area contributed by atoms with Gasteiger partial charge in [-0.1, -0.05) is 0 Å². The standard InChI is InChI=1S/C12H17NO6S2/c1-4-19-12(15)11-8(2)7-9(20-11)13-21(16,17)6-5-10(14)18-3/h7,13H,4-6H2,1-3H3. The number of ether oxygens (including phenoxy) is 2. The zero-order valence-corrected chi connectivity index (χ0v) is 13.6. The van der Waals surface area contributed by atoms with E-state index >= 15 is 0 Å². The fourth-order valence-corrected chi connectivity index (χ4v) is 3.72. The molecule has 0 spiro atoms. The van der Waals surface area contributed by atoms with Gasteiger partial charge in [0.05, 0.1) is 25.9 Å². The van der Waals surface area contributed by atoms with E-state index in [9.17, 15) is 18.0 Å². The van der Waals surface area contributed by atoms with Gasteiger partial charge >= 0.3 is 11.9 Å². The van der Waals surface area contributed by atoms with Crippen LogP contribution in [0.15, 0.2) is 6.07 Å². The zero-order valence-electron chi connectivity index (χ0n) is 12.0. The van der Waals surface area contributed by atoms with Crippen molar-refractivity contribution < 1.29 is 27.5 Å². The van der Waals surface area contributed by atoms with Crippen LogP contribution in [0.25, 0.3) is 0 Å². The Morgan fingerprint density at radius 1 is 1.38 bits per heavy atom. The number of hydrogen-bond acceptors (Lipinski definition) is 7. The molecule has 0 aromatic carbocycles. The molecule has 1 aromatic rings. The average Bonchev–Trinajstić information content (AvgIpc) is 2.76. The van der Waals surface area contributed by atoms with Gasteiger partial charge in [0.15, 0.2) is 0 Å². The van der Waals surface area contributed by atoms with Crippen LogP contribution in [-0.4, -0.2) is 39.8 Å². The third kappa shape index (κ3) is 5.35. The van der Waals surface area contributed by atoms with Crippen molar-refractivity contribution in [2.24, 2.45) is 0 Å². The summed E-state index contributed by atoms with van der Waals surface area (Å²) in [6.45, 7) is 3.63. The Morgan fingerprint density at radius 3 is 2.62 bits per heavy atom. The Morgan fingerprint density at radius 2 is 2.05 bits per heavy atom. The second kappa shape index (κ2) is 7.41. The molecular formula is C12H17NO6S2. The number of aryl methyl sites for hydroxylation is 1. The van der Waals surface area contributed by atoms with E-state index in [1.54, 1.807) is 19.9 Å². The van der Waals surface area contributed by atoms with Crippen LogP contribution in [-0.2, 0) is 24.3 Å². The summed E-state index contributed by atoms with van der Waals surface area (Å²) in [6.07, 6.45) is -0.235. The molecule has 1 aromatic heterocycles. The summed E-state index contributed by atoms with van der Waals surface area (Å²) in [7, 11) is -2.48. The summed E-state index contributed by atoms with van der Waals surface area (Å²) in [4.78, 5) is 23.0. The fourth-order valence-electron chi connectivity index (χ4n) is 1.46. The molecule has 21 heavy (non-hydrogen) atoms. The molecule has 7 nitrogen and oxygen atoms in total. The van der Waals surface area contributed by atoms with Crippen molar-refractivity contribution in [1.29, 1.82) is 0 Å². The van der Waals surface area contributed by atoms with Crippen molar-refractivity contribution in [1.82, 2.24) is 0 Å². The van der Waals surface area contributed by atoms with Gasteiger partial charge in [0, 0.05) is 0 Å². The average molecular weight is 335 g/mol. The molecule has 0 bridgehead atoms. The minimum Gasteiger partial charge on any atom is -0.469 e. The number of carbonyl (C=O) groups is 2. The van der Waals surface area contributed by atoms with E-state index in [0.717, 1.165) is 11.3 Å². The largest absolute Gasteiger partial charge is 0.469 e. The van der Waals surface area contributed by atoms with Crippen LogP contribution in [0.3, 0.4) is 0 Å². The zero-order chi connectivity index (χ0) is 16.0. The second-order valence-electron chi connectivity index (χ2n) is 4.09. The normalized spacial score (nSPS) is 11.0. The molecule has 0 unspecified atom stereocenters. The van der Waals surface area contributed by atoms with Crippen LogP contribution in [0.5, 0.6) is 0 Å². The molecule has 1 rings (SSSR count). The minimum absolute atomic E-state index is 0.235. The van der Waals surface area contributed by atoms with Crippen LogP contribution in [0.4, 0.5) is 5.00 Å². The van der Waals surface area contributed by atoms with Crippen molar-refractivity contribution in [3.63, 3.8) is 0 Å². The lowest BCUT2D eigenvalue weighted by atomic mass is 10.3. The number of esters is 2. The number of carbonyl (C=O) groups excluding carboxylic acids is 2. The molecule has 0 atom stereocenters. The quantitative estimate of drug-likeness (QED) is 0.759. The Kier molecular flexibility index (Phi) is 6.16. The van der Waals surface area contributed by atoms with Crippen molar-refractivity contribution >= 4 is 38.3 Å². The third-order valence-corrected chi connectivity index (χ3v) is 4.97. The van der Waals surface area contributed by atoms with E-state index in [1.807, 2.05) is 0 Å². The highest BCUT2D eigenvalue weighted by molar-refractivity contribution is 7.92. The third-order valence-electron chi connectivity index (χ3n) is 2.44. The van der Waals surface area contributed by atoms with Gasteiger partial charge in [0.25, 0.3) is 0 Å². The van der Waals surface area contributed by atoms with Crippen LogP contribution in [0.2, 0.25) is 0 Å². The van der Waals surface area contributed by atoms with E-state index in [1.165, 1.54) is 7.11 Å². The van der Waals surface area contributed by atoms with Gasteiger partial charge in [-0.25, -0.2) is 13.2 Å². The first-order valence-corrected chi connectivity index (χ1v) is 8.60. The minimum atomic E-state index is -3.67. The second-order valence-corrected chi connectivity index (χ2v) is 6.98. The Labute approximate surface area is 127 Å². The molecule has 0 fully saturated rings. The lowest BCUT2D eigenvalue weighted by Gasteiger charge is -2.04. The number of hydrogen-bond donors (Lipinski definition) is 1. The number of sulfonamides is 1. The molecule has 0 aliphatic rings. The first-order valence-electron chi connectivity index (χ1n) is 6.14. The molecule has 1 N–H and O–H groups in total. The first kappa shape index (κ1) is 17.4. The van der Waals surface area contributed by atoms with Gasteiger partial charge in [-0.15, -0.1) is 11.3 Å². The van der Waals surface area contributed by atoms with E-state index in [4.69, 9.17) is 4.74 Å².